The van der Waals surface area contributed by atoms with Crippen LogP contribution in [-0.4, -0.2) is 38.6 Å². The van der Waals surface area contributed by atoms with Crippen LogP contribution < -0.4 is 14.2 Å². The van der Waals surface area contributed by atoms with Gasteiger partial charge in [0.1, 0.15) is 48.4 Å². The van der Waals surface area contributed by atoms with Crippen LogP contribution in [0, 0.1) is 0 Å². The largest absolute Gasteiger partial charge is 0.491 e. The Hall–Kier alpha value is -2.24. The molecule has 0 amide bonds. The quantitative estimate of drug-likeness (QED) is 0.652. The zero-order chi connectivity index (χ0) is 15.9. The maximum Gasteiger partial charge on any atom is 0.134 e. The van der Waals surface area contributed by atoms with E-state index in [9.17, 15) is 0 Å². The lowest BCUT2D eigenvalue weighted by Gasteiger charge is -2.21. The second kappa shape index (κ2) is 5.69. The number of benzene rings is 2. The third-order valence-electron chi connectivity index (χ3n) is 4.35. The molecule has 2 aromatic rings. The molecule has 2 saturated heterocycles. The van der Waals surface area contributed by atoms with Crippen LogP contribution in [0.3, 0.4) is 0 Å². The molecule has 5 heteroatoms. The molecule has 2 atom stereocenters. The number of fused-ring (bicyclic) bond motifs is 2. The molecule has 0 radical (unpaired) electrons. The van der Waals surface area contributed by atoms with E-state index in [0.29, 0.717) is 13.2 Å². The number of epoxide rings is 2. The second-order valence-electron chi connectivity index (χ2n) is 6.35. The minimum absolute atomic E-state index is 0.248. The number of hydrogen-bond donors (Lipinski definition) is 0. The van der Waals surface area contributed by atoms with Crippen molar-refractivity contribution < 1.29 is 23.7 Å². The van der Waals surface area contributed by atoms with Gasteiger partial charge in [0.2, 0.25) is 0 Å². The fourth-order valence-electron chi connectivity index (χ4n) is 2.76. The van der Waals surface area contributed by atoms with Crippen molar-refractivity contribution >= 4 is 0 Å². The molecule has 0 N–H and O–H groups in total. The van der Waals surface area contributed by atoms with Gasteiger partial charge in [0, 0.05) is 18.6 Å². The smallest absolute Gasteiger partial charge is 0.134 e. The van der Waals surface area contributed by atoms with E-state index in [-0.39, 0.29) is 12.2 Å². The van der Waals surface area contributed by atoms with E-state index in [1.807, 2.05) is 24.3 Å². The highest BCUT2D eigenvalue weighted by atomic mass is 16.6. The van der Waals surface area contributed by atoms with Gasteiger partial charge < -0.3 is 23.7 Å². The maximum atomic E-state index is 6.08. The fraction of sp³-hybridized carbons (Fsp3) is 0.368. The van der Waals surface area contributed by atoms with Crippen molar-refractivity contribution in [3.8, 4) is 23.0 Å². The van der Waals surface area contributed by atoms with E-state index in [1.54, 1.807) is 0 Å². The van der Waals surface area contributed by atoms with Crippen LogP contribution in [0.15, 0.2) is 36.4 Å². The Bertz CT molecular complexity index is 701. The summed E-state index contributed by atoms with van der Waals surface area (Å²) in [5.41, 5.74) is 2.33. The molecule has 5 rings (SSSR count). The Labute approximate surface area is 140 Å². The minimum Gasteiger partial charge on any atom is -0.491 e. The van der Waals surface area contributed by atoms with E-state index in [2.05, 4.69) is 12.1 Å². The van der Waals surface area contributed by atoms with E-state index in [4.69, 9.17) is 23.7 Å². The molecule has 0 spiro atoms. The van der Waals surface area contributed by atoms with E-state index >= 15 is 0 Å². The first-order valence-electron chi connectivity index (χ1n) is 8.26. The summed E-state index contributed by atoms with van der Waals surface area (Å²) < 4.78 is 27.9. The molecule has 3 aliphatic rings. The van der Waals surface area contributed by atoms with Crippen LogP contribution >= 0.6 is 0 Å². The molecule has 2 fully saturated rings. The van der Waals surface area contributed by atoms with Gasteiger partial charge in [-0.2, -0.15) is 0 Å². The second-order valence-corrected chi connectivity index (χ2v) is 6.35. The lowest BCUT2D eigenvalue weighted by molar-refractivity contribution is 0.261. The molecular formula is C19H18O5. The summed E-state index contributed by atoms with van der Waals surface area (Å²) in [7, 11) is 0. The normalized spacial score (nSPS) is 22.8. The summed E-state index contributed by atoms with van der Waals surface area (Å²) in [6, 6.07) is 12.0. The highest BCUT2D eigenvalue weighted by Gasteiger charge is 2.25. The van der Waals surface area contributed by atoms with Crippen LogP contribution in [0.25, 0.3) is 0 Å². The predicted molar refractivity (Wildman–Crippen MR) is 86.2 cm³/mol. The van der Waals surface area contributed by atoms with E-state index < -0.39 is 0 Å². The lowest BCUT2D eigenvalue weighted by atomic mass is 10.00. The molecule has 2 aromatic carbocycles. The molecule has 3 heterocycles. The van der Waals surface area contributed by atoms with Gasteiger partial charge in [-0.1, -0.05) is 12.1 Å². The van der Waals surface area contributed by atoms with Crippen molar-refractivity contribution in [3.05, 3.63) is 47.5 Å². The number of hydrogen-bond acceptors (Lipinski definition) is 5. The monoisotopic (exact) mass is 326 g/mol. The van der Waals surface area contributed by atoms with Crippen LogP contribution in [0.5, 0.6) is 23.0 Å². The molecule has 2 unspecified atom stereocenters. The molecule has 0 aromatic heterocycles. The predicted octanol–water partition coefficient (Wildman–Crippen LogP) is 2.94. The lowest BCUT2D eigenvalue weighted by Crippen LogP contribution is -2.07. The summed E-state index contributed by atoms with van der Waals surface area (Å²) in [6.45, 7) is 2.78. The van der Waals surface area contributed by atoms with Crippen molar-refractivity contribution in [2.75, 3.05) is 26.4 Å². The summed E-state index contributed by atoms with van der Waals surface area (Å²) >= 11 is 0. The van der Waals surface area contributed by atoms with E-state index in [0.717, 1.165) is 53.8 Å². The van der Waals surface area contributed by atoms with Crippen molar-refractivity contribution in [2.24, 2.45) is 0 Å². The Morgan fingerprint density at radius 3 is 1.75 bits per heavy atom. The van der Waals surface area contributed by atoms with Gasteiger partial charge in [0.15, 0.2) is 0 Å². The van der Waals surface area contributed by atoms with E-state index in [1.165, 1.54) is 0 Å². The van der Waals surface area contributed by atoms with Crippen molar-refractivity contribution in [1.82, 2.24) is 0 Å². The van der Waals surface area contributed by atoms with Gasteiger partial charge in [-0.15, -0.1) is 0 Å². The van der Waals surface area contributed by atoms with Crippen LogP contribution in [0.1, 0.15) is 11.1 Å². The summed E-state index contributed by atoms with van der Waals surface area (Å²) in [6.07, 6.45) is 1.35. The molecular weight excluding hydrogens is 308 g/mol. The number of ether oxygens (including phenoxy) is 5. The Kier molecular flexibility index (Phi) is 3.35. The fourth-order valence-corrected chi connectivity index (χ4v) is 2.76. The Morgan fingerprint density at radius 1 is 0.792 bits per heavy atom. The highest BCUT2D eigenvalue weighted by Crippen LogP contribution is 2.40. The zero-order valence-corrected chi connectivity index (χ0v) is 13.2. The first-order valence-corrected chi connectivity index (χ1v) is 8.26. The summed E-state index contributed by atoms with van der Waals surface area (Å²) in [5, 5.41) is 0. The first kappa shape index (κ1) is 14.1. The summed E-state index contributed by atoms with van der Waals surface area (Å²) in [5.74, 6) is 3.32. The van der Waals surface area contributed by atoms with Crippen molar-refractivity contribution in [2.45, 2.75) is 18.6 Å². The first-order chi connectivity index (χ1) is 11.8. The van der Waals surface area contributed by atoms with Gasteiger partial charge in [0.05, 0.1) is 13.2 Å². The van der Waals surface area contributed by atoms with Crippen LogP contribution in [0.4, 0.5) is 0 Å². The molecule has 3 aliphatic heterocycles. The molecule has 5 nitrogen and oxygen atoms in total. The molecule has 24 heavy (non-hydrogen) atoms. The average Bonchev–Trinajstić information content (AvgIpc) is 3.50. The van der Waals surface area contributed by atoms with Crippen LogP contribution in [-0.2, 0) is 15.9 Å². The molecule has 124 valence electrons. The molecule has 0 aliphatic carbocycles. The van der Waals surface area contributed by atoms with Gasteiger partial charge in [0.25, 0.3) is 0 Å². The minimum atomic E-state index is 0.248. The third-order valence-corrected chi connectivity index (χ3v) is 4.35. The topological polar surface area (TPSA) is 52.8 Å². The van der Waals surface area contributed by atoms with Crippen molar-refractivity contribution in [3.63, 3.8) is 0 Å². The standard InChI is InChI=1S/C19H18O5/c1-3-14(20-8-16-10-22-16)6-18-12(1)5-13-2-4-15(7-19(13)24-18)21-9-17-11-23-17/h1-4,6-7,16-17H,5,8-11H2. The maximum absolute atomic E-state index is 6.08. The Morgan fingerprint density at radius 2 is 1.29 bits per heavy atom. The molecule has 0 bridgehead atoms. The van der Waals surface area contributed by atoms with Crippen LogP contribution in [0.2, 0.25) is 0 Å². The van der Waals surface area contributed by atoms with Gasteiger partial charge in [-0.3, -0.25) is 0 Å². The number of rotatable bonds is 6. The highest BCUT2D eigenvalue weighted by molar-refractivity contribution is 5.53. The summed E-state index contributed by atoms with van der Waals surface area (Å²) in [4.78, 5) is 0. The van der Waals surface area contributed by atoms with Crippen molar-refractivity contribution in [1.29, 1.82) is 0 Å². The van der Waals surface area contributed by atoms with Gasteiger partial charge in [-0.05, 0) is 23.3 Å². The third kappa shape index (κ3) is 3.05. The molecule has 0 saturated carbocycles. The van der Waals surface area contributed by atoms with Gasteiger partial charge >= 0.3 is 0 Å². The Balaban J connectivity index is 1.32. The average molecular weight is 326 g/mol. The van der Waals surface area contributed by atoms with Gasteiger partial charge in [-0.25, -0.2) is 0 Å². The zero-order valence-electron chi connectivity index (χ0n) is 13.2. The SMILES string of the molecule is c1cc2c(cc1OCC1CO1)Oc1cc(OCC3CO3)ccc1C2.